The third kappa shape index (κ3) is 9.78. The van der Waals surface area contributed by atoms with Gasteiger partial charge >= 0.3 is 0 Å². The van der Waals surface area contributed by atoms with Gasteiger partial charge in [0.25, 0.3) is 21.6 Å². The number of aromatic amines is 1. The standard InChI is InChI=1S/C56H70N8O8S/c1-36(2)43-8-5-6-9-44(43)47-10-7-24-62(47)41-31-56(32-41)21-25-61(26-22-56)40-11-13-45(48(29-40)63-34-39-35-71-27-18-51(39)72-54-50(63)28-38-17-23-57-52(38)59-54)53(65)60-73(68,69)42-12-14-46(49(30-42)64(66)67)58-33-37-15-19-55(3,70-4)20-16-37/h5-6,8-9,11-14,17,23,28-30,36-37,39,41,47,51,58H,7,10,15-16,18-22,24-27,31-35H2,1-4H3,(H,57,59)(H,60,65)/t37?,39-,47-,51+,55?/m0/s1. The number of hydrogen-bond acceptors (Lipinski definition) is 13. The molecule has 1 spiro atoms. The van der Waals surface area contributed by atoms with Crippen molar-refractivity contribution < 1.29 is 32.3 Å². The van der Waals surface area contributed by atoms with E-state index in [-0.39, 0.29) is 45.4 Å². The Morgan fingerprint density at radius 3 is 2.53 bits per heavy atom. The molecule has 2 saturated carbocycles. The van der Waals surface area contributed by atoms with E-state index in [9.17, 15) is 23.3 Å². The third-order valence-electron chi connectivity index (χ3n) is 17.6. The minimum absolute atomic E-state index is 0.0867. The normalized spacial score (nSPS) is 25.4. The number of nitrogens with one attached hydrogen (secondary N) is 3. The van der Waals surface area contributed by atoms with E-state index >= 15 is 0 Å². The Hall–Kier alpha value is -5.75. The molecular weight excluding hydrogens is 945 g/mol. The maximum absolute atomic E-state index is 14.7. The number of aromatic nitrogens is 2. The Morgan fingerprint density at radius 1 is 0.973 bits per heavy atom. The molecule has 1 amide bonds. The fourth-order valence-corrected chi connectivity index (χ4v) is 14.0. The number of ether oxygens (including phenoxy) is 3. The number of benzene rings is 3. The summed E-state index contributed by atoms with van der Waals surface area (Å²) in [5.41, 5.74) is 5.80. The molecular formula is C56H70N8O8S. The Kier molecular flexibility index (Phi) is 13.4. The number of fused-ring (bicyclic) bond motifs is 3. The highest BCUT2D eigenvalue weighted by Crippen LogP contribution is 2.55. The van der Waals surface area contributed by atoms with Crippen molar-refractivity contribution in [2.75, 3.05) is 68.2 Å². The summed E-state index contributed by atoms with van der Waals surface area (Å²) in [4.78, 5) is 41.6. The quantitative estimate of drug-likeness (QED) is 0.0749. The van der Waals surface area contributed by atoms with Crippen LogP contribution in [0.4, 0.5) is 28.4 Å². The van der Waals surface area contributed by atoms with Gasteiger partial charge in [0.2, 0.25) is 5.88 Å². The fraction of sp³-hybridized carbons (Fsp3) is 0.536. The SMILES string of the molecule is COC1(C)CCC(CNc2ccc(S(=O)(=O)NC(=O)c3ccc(N4CCC5(CC4)CC(N4CCC[C@H]4c4ccccc4C(C)C)C5)cc3N3C[C@H]4COCC[C@H]4Oc4nc5[nH]ccc5cc43)cc2[N+](=O)[O-])CC1. The van der Waals surface area contributed by atoms with Crippen LogP contribution in [0.25, 0.3) is 11.0 Å². The number of H-pyrrole nitrogens is 1. The molecule has 3 saturated heterocycles. The molecule has 6 aliphatic rings. The predicted octanol–water partition coefficient (Wildman–Crippen LogP) is 10.2. The minimum Gasteiger partial charge on any atom is -0.472 e. The number of nitro benzene ring substituents is 1. The smallest absolute Gasteiger partial charge is 0.293 e. The summed E-state index contributed by atoms with van der Waals surface area (Å²) in [6.45, 7) is 11.5. The molecule has 2 aliphatic carbocycles. The fourth-order valence-electron chi connectivity index (χ4n) is 13.1. The Bertz CT molecular complexity index is 2970. The van der Waals surface area contributed by atoms with Gasteiger partial charge in [-0.1, -0.05) is 38.1 Å². The van der Waals surface area contributed by atoms with Crippen LogP contribution in [0, 0.1) is 27.4 Å². The van der Waals surface area contributed by atoms with Gasteiger partial charge in [-0.3, -0.25) is 19.8 Å². The summed E-state index contributed by atoms with van der Waals surface area (Å²) in [5.74, 6) is 0.239. The van der Waals surface area contributed by atoms with Gasteiger partial charge in [0.1, 0.15) is 23.1 Å². The number of sulfonamides is 1. The van der Waals surface area contributed by atoms with E-state index in [4.69, 9.17) is 19.2 Å². The average Bonchev–Trinajstić information content (AvgIpc) is 4.03. The summed E-state index contributed by atoms with van der Waals surface area (Å²) in [5, 5.41) is 16.5. The van der Waals surface area contributed by atoms with Gasteiger partial charge in [-0.2, -0.15) is 4.98 Å². The zero-order valence-corrected chi connectivity index (χ0v) is 43.4. The van der Waals surface area contributed by atoms with Gasteiger partial charge in [-0.25, -0.2) is 13.1 Å². The number of anilines is 4. The molecule has 3 atom stereocenters. The number of likely N-dealkylation sites (tertiary alicyclic amines) is 1. The lowest BCUT2D eigenvalue weighted by Crippen LogP contribution is -2.55. The van der Waals surface area contributed by atoms with E-state index in [0.717, 1.165) is 75.3 Å². The Morgan fingerprint density at radius 2 is 1.77 bits per heavy atom. The molecule has 5 fully saturated rings. The van der Waals surface area contributed by atoms with Crippen LogP contribution >= 0.6 is 0 Å². The summed E-state index contributed by atoms with van der Waals surface area (Å²) in [7, 11) is -2.88. The lowest BCUT2D eigenvalue weighted by molar-refractivity contribution is -0.384. The van der Waals surface area contributed by atoms with Crippen LogP contribution in [-0.4, -0.2) is 105 Å². The van der Waals surface area contributed by atoms with Crippen LogP contribution in [0.2, 0.25) is 0 Å². The van der Waals surface area contributed by atoms with E-state index in [2.05, 4.69) is 69.9 Å². The van der Waals surface area contributed by atoms with Crippen molar-refractivity contribution in [2.45, 2.75) is 126 Å². The van der Waals surface area contributed by atoms with E-state index in [1.165, 1.54) is 48.9 Å². The molecule has 0 radical (unpaired) electrons. The molecule has 0 bridgehead atoms. The van der Waals surface area contributed by atoms with E-state index in [1.54, 1.807) is 13.2 Å². The highest BCUT2D eigenvalue weighted by atomic mass is 32.2. The summed E-state index contributed by atoms with van der Waals surface area (Å²) in [6.07, 6.45) is 12.8. The Balaban J connectivity index is 0.860. The molecule has 2 aromatic heterocycles. The first kappa shape index (κ1) is 49.5. The van der Waals surface area contributed by atoms with Gasteiger partial charge in [-0.15, -0.1) is 0 Å². The molecule has 5 aromatic rings. The molecule has 11 rings (SSSR count). The van der Waals surface area contributed by atoms with Crippen molar-refractivity contribution in [2.24, 2.45) is 17.3 Å². The second-order valence-corrected chi connectivity index (χ2v) is 24.1. The average molecular weight is 1020 g/mol. The number of carbonyl (C=O) groups is 1. The van der Waals surface area contributed by atoms with Gasteiger partial charge in [-0.05, 0) is 149 Å². The topological polar surface area (TPSA) is 184 Å². The number of hydrogen-bond donors (Lipinski definition) is 3. The maximum atomic E-state index is 14.7. The molecule has 0 unspecified atom stereocenters. The van der Waals surface area contributed by atoms with Crippen LogP contribution in [0.1, 0.15) is 125 Å². The summed E-state index contributed by atoms with van der Waals surface area (Å²) in [6, 6.07) is 23.4. The van der Waals surface area contributed by atoms with E-state index in [0.29, 0.717) is 79.0 Å². The highest BCUT2D eigenvalue weighted by molar-refractivity contribution is 7.90. The molecule has 6 heterocycles. The van der Waals surface area contributed by atoms with Crippen LogP contribution < -0.4 is 24.6 Å². The summed E-state index contributed by atoms with van der Waals surface area (Å²) < 4.78 is 49.1. The lowest BCUT2D eigenvalue weighted by atomic mass is 9.59. The first-order valence-corrected chi connectivity index (χ1v) is 28.1. The van der Waals surface area contributed by atoms with Crippen LogP contribution in [-0.2, 0) is 19.5 Å². The predicted molar refractivity (Wildman–Crippen MR) is 283 cm³/mol. The first-order chi connectivity index (χ1) is 35.2. The van der Waals surface area contributed by atoms with E-state index < -0.39 is 20.9 Å². The van der Waals surface area contributed by atoms with Crippen molar-refractivity contribution in [3.63, 3.8) is 0 Å². The number of pyridine rings is 1. The lowest BCUT2D eigenvalue weighted by Gasteiger charge is -2.56. The second kappa shape index (κ2) is 19.8. The molecule has 16 nitrogen and oxygen atoms in total. The molecule has 3 N–H and O–H groups in total. The molecule has 73 heavy (non-hydrogen) atoms. The van der Waals surface area contributed by atoms with Crippen molar-refractivity contribution in [3.05, 3.63) is 106 Å². The number of rotatable bonds is 13. The van der Waals surface area contributed by atoms with E-state index in [1.807, 2.05) is 35.4 Å². The van der Waals surface area contributed by atoms with Crippen LogP contribution in [0.15, 0.2) is 83.9 Å². The maximum Gasteiger partial charge on any atom is 0.293 e. The first-order valence-electron chi connectivity index (χ1n) is 26.6. The molecule has 3 aromatic carbocycles. The number of carbonyl (C=O) groups excluding carboxylic acids is 1. The molecule has 17 heteroatoms. The molecule has 388 valence electrons. The number of nitro groups is 1. The largest absolute Gasteiger partial charge is 0.472 e. The number of nitrogens with zero attached hydrogens (tertiary/aromatic N) is 5. The molecule has 4 aliphatic heterocycles. The van der Waals surface area contributed by atoms with Gasteiger partial charge in [0, 0.05) is 81.0 Å². The zero-order chi connectivity index (χ0) is 50.6. The summed E-state index contributed by atoms with van der Waals surface area (Å²) >= 11 is 0. The van der Waals surface area contributed by atoms with Crippen LogP contribution in [0.5, 0.6) is 5.88 Å². The van der Waals surface area contributed by atoms with Crippen molar-refractivity contribution in [1.82, 2.24) is 19.6 Å². The van der Waals surface area contributed by atoms with Gasteiger partial charge in [0.15, 0.2) is 0 Å². The second-order valence-electron chi connectivity index (χ2n) is 22.4. The minimum atomic E-state index is -4.60. The zero-order valence-electron chi connectivity index (χ0n) is 42.6. The van der Waals surface area contributed by atoms with Crippen molar-refractivity contribution in [1.29, 1.82) is 0 Å². The van der Waals surface area contributed by atoms with Crippen LogP contribution in [0.3, 0.4) is 0 Å². The Labute approximate surface area is 428 Å². The van der Waals surface area contributed by atoms with Crippen molar-refractivity contribution in [3.8, 4) is 5.88 Å². The monoisotopic (exact) mass is 1010 g/mol. The van der Waals surface area contributed by atoms with Gasteiger partial charge < -0.3 is 34.3 Å². The van der Waals surface area contributed by atoms with Gasteiger partial charge in [0.05, 0.1) is 39.9 Å². The number of methoxy groups -OCH3 is 1. The number of piperidine rings is 1. The third-order valence-corrected chi connectivity index (χ3v) is 18.9. The number of amides is 1. The van der Waals surface area contributed by atoms with Crippen molar-refractivity contribution >= 4 is 55.4 Å². The highest BCUT2D eigenvalue weighted by Gasteiger charge is 2.50.